The Morgan fingerprint density at radius 2 is 1.90 bits per heavy atom. The van der Waals surface area contributed by atoms with E-state index in [-0.39, 0.29) is 11.3 Å². The summed E-state index contributed by atoms with van der Waals surface area (Å²) in [4.78, 5) is 25.8. The highest BCUT2D eigenvalue weighted by Crippen LogP contribution is 2.61. The quantitative estimate of drug-likeness (QED) is 0.663. The van der Waals surface area contributed by atoms with E-state index in [1.807, 2.05) is 6.07 Å². The maximum absolute atomic E-state index is 13.1. The summed E-state index contributed by atoms with van der Waals surface area (Å²) < 4.78 is 0.832. The van der Waals surface area contributed by atoms with Gasteiger partial charge in [-0.3, -0.25) is 9.69 Å². The van der Waals surface area contributed by atoms with Gasteiger partial charge in [0.25, 0.3) is 0 Å². The topological polar surface area (TPSA) is 58.1 Å². The van der Waals surface area contributed by atoms with E-state index in [9.17, 15) is 4.79 Å². The van der Waals surface area contributed by atoms with Gasteiger partial charge in [-0.1, -0.05) is 11.6 Å². The van der Waals surface area contributed by atoms with Crippen molar-refractivity contribution in [2.45, 2.75) is 64.5 Å². The van der Waals surface area contributed by atoms with Crippen molar-refractivity contribution in [3.63, 3.8) is 0 Å². The highest BCUT2D eigenvalue weighted by molar-refractivity contribution is 7.16. The van der Waals surface area contributed by atoms with Gasteiger partial charge in [0.15, 0.2) is 0 Å². The molecule has 7 heteroatoms. The Labute approximate surface area is 192 Å². The van der Waals surface area contributed by atoms with Gasteiger partial charge in [-0.2, -0.15) is 0 Å². The molecule has 3 heterocycles. The van der Waals surface area contributed by atoms with E-state index < -0.39 is 0 Å². The fourth-order valence-electron chi connectivity index (χ4n) is 7.33. The van der Waals surface area contributed by atoms with Gasteiger partial charge in [-0.25, -0.2) is 9.97 Å². The summed E-state index contributed by atoms with van der Waals surface area (Å²) in [6.45, 7) is 2.60. The first-order chi connectivity index (χ1) is 15.0. The van der Waals surface area contributed by atoms with Crippen LogP contribution in [0.3, 0.4) is 0 Å². The highest BCUT2D eigenvalue weighted by atomic mass is 35.5. The second kappa shape index (κ2) is 7.82. The van der Waals surface area contributed by atoms with Gasteiger partial charge in [-0.15, -0.1) is 11.3 Å². The number of anilines is 1. The van der Waals surface area contributed by atoms with Gasteiger partial charge in [0.2, 0.25) is 5.91 Å². The molecule has 1 aliphatic heterocycles. The summed E-state index contributed by atoms with van der Waals surface area (Å²) in [5.74, 6) is 3.50. The fourth-order valence-corrected chi connectivity index (χ4v) is 8.46. The Kier molecular flexibility index (Phi) is 5.08. The average molecular weight is 457 g/mol. The molecule has 1 N–H and O–H groups in total. The van der Waals surface area contributed by atoms with Crippen LogP contribution in [-0.2, 0) is 24.3 Å². The molecule has 4 aliphatic carbocycles. The number of carbonyl (C=O) groups excluding carboxylic acids is 1. The van der Waals surface area contributed by atoms with Crippen molar-refractivity contribution < 1.29 is 4.79 Å². The summed E-state index contributed by atoms with van der Waals surface area (Å²) in [6, 6.07) is 4.05. The lowest BCUT2D eigenvalue weighted by Crippen LogP contribution is -2.47. The molecule has 4 bridgehead atoms. The summed E-state index contributed by atoms with van der Waals surface area (Å²) >= 11 is 7.71. The van der Waals surface area contributed by atoms with Crippen molar-refractivity contribution in [2.24, 2.45) is 23.2 Å². The molecule has 1 amide bonds. The minimum Gasteiger partial charge on any atom is -0.310 e. The second-order valence-electron chi connectivity index (χ2n) is 10.5. The number of fused-ring (bicyclic) bond motifs is 1. The lowest BCUT2D eigenvalue weighted by atomic mass is 9.49. The average Bonchev–Trinajstić information content (AvgIpc) is 3.11. The van der Waals surface area contributed by atoms with Crippen LogP contribution in [-0.4, -0.2) is 27.3 Å². The molecule has 0 saturated heterocycles. The summed E-state index contributed by atoms with van der Waals surface area (Å²) in [5.41, 5.74) is 2.40. The molecule has 31 heavy (non-hydrogen) atoms. The van der Waals surface area contributed by atoms with E-state index in [2.05, 4.69) is 26.3 Å². The number of halogens is 1. The van der Waals surface area contributed by atoms with Crippen LogP contribution in [0, 0.1) is 23.2 Å². The molecule has 4 saturated carbocycles. The Balaban J connectivity index is 1.13. The second-order valence-corrected chi connectivity index (χ2v) is 12.3. The predicted octanol–water partition coefficient (Wildman–Crippen LogP) is 5.29. The van der Waals surface area contributed by atoms with Gasteiger partial charge in [-0.05, 0) is 80.2 Å². The van der Waals surface area contributed by atoms with Gasteiger partial charge in [0.05, 0.1) is 10.0 Å². The molecule has 0 radical (unpaired) electrons. The maximum Gasteiger partial charge on any atom is 0.226 e. The Morgan fingerprint density at radius 1 is 1.16 bits per heavy atom. The van der Waals surface area contributed by atoms with Crippen LogP contribution in [0.25, 0.3) is 0 Å². The molecule has 7 rings (SSSR count). The van der Waals surface area contributed by atoms with Crippen LogP contribution >= 0.6 is 22.9 Å². The van der Waals surface area contributed by atoms with Crippen LogP contribution in [0.15, 0.2) is 18.5 Å². The number of nitrogens with zero attached hydrogens (tertiary/aromatic N) is 3. The van der Waals surface area contributed by atoms with E-state index in [1.54, 1.807) is 17.7 Å². The zero-order valence-electron chi connectivity index (χ0n) is 17.8. The lowest BCUT2D eigenvalue weighted by Gasteiger charge is -2.56. The number of nitrogens with one attached hydrogen (secondary N) is 1. The fraction of sp³-hybridized carbons (Fsp3) is 0.625. The summed E-state index contributed by atoms with van der Waals surface area (Å²) in [7, 11) is 0. The summed E-state index contributed by atoms with van der Waals surface area (Å²) in [6.07, 6.45) is 11.1. The molecular formula is C24H29ClN4OS. The zero-order chi connectivity index (χ0) is 21.0. The van der Waals surface area contributed by atoms with Crippen LogP contribution in [0.4, 0.5) is 5.82 Å². The third-order valence-corrected chi connectivity index (χ3v) is 9.27. The van der Waals surface area contributed by atoms with Crippen molar-refractivity contribution in [2.75, 3.05) is 11.9 Å². The Bertz CT molecular complexity index is 970. The smallest absolute Gasteiger partial charge is 0.226 e. The van der Waals surface area contributed by atoms with E-state index >= 15 is 0 Å². The number of rotatable bonds is 5. The van der Waals surface area contributed by atoms with Crippen LogP contribution in [0.5, 0.6) is 0 Å². The van der Waals surface area contributed by atoms with E-state index in [0.29, 0.717) is 6.42 Å². The van der Waals surface area contributed by atoms with Crippen molar-refractivity contribution in [3.8, 4) is 0 Å². The molecule has 0 spiro atoms. The molecule has 5 aliphatic rings. The molecule has 0 aromatic carbocycles. The van der Waals surface area contributed by atoms with Gasteiger partial charge in [0, 0.05) is 36.5 Å². The Morgan fingerprint density at radius 3 is 2.58 bits per heavy atom. The molecule has 0 atom stereocenters. The van der Waals surface area contributed by atoms with Crippen LogP contribution < -0.4 is 5.32 Å². The molecule has 4 fully saturated rings. The van der Waals surface area contributed by atoms with Crippen molar-refractivity contribution in [1.82, 2.24) is 14.9 Å². The van der Waals surface area contributed by atoms with Crippen LogP contribution in [0.2, 0.25) is 4.34 Å². The minimum absolute atomic E-state index is 0.151. The lowest BCUT2D eigenvalue weighted by molar-refractivity contribution is -0.124. The number of aromatic nitrogens is 2. The van der Waals surface area contributed by atoms with Crippen molar-refractivity contribution in [1.29, 1.82) is 0 Å². The standard InChI is InChI=1S/C24H29ClN4OS/c25-21-2-1-18(31-21)12-29-4-3-19-20(13-29)26-14-27-23(19)28-22(30)11-24-8-15-5-16(9-24)7-17(6-15)10-24/h1-2,14-17H,3-13H2,(H,26,27,28,30). The third-order valence-electron chi connectivity index (χ3n) is 8.05. The van der Waals surface area contributed by atoms with Gasteiger partial charge < -0.3 is 5.32 Å². The summed E-state index contributed by atoms with van der Waals surface area (Å²) in [5, 5.41) is 3.19. The number of hydrogen-bond acceptors (Lipinski definition) is 5. The molecule has 5 nitrogen and oxygen atoms in total. The first kappa shape index (κ1) is 20.1. The highest BCUT2D eigenvalue weighted by Gasteiger charge is 2.51. The largest absolute Gasteiger partial charge is 0.310 e. The molecule has 0 unspecified atom stereocenters. The molecule has 164 valence electrons. The minimum atomic E-state index is 0.151. The first-order valence-electron chi connectivity index (χ1n) is 11.6. The van der Waals surface area contributed by atoms with Crippen molar-refractivity contribution in [3.05, 3.63) is 38.9 Å². The van der Waals surface area contributed by atoms with E-state index in [4.69, 9.17) is 11.6 Å². The Hall–Kier alpha value is -1.50. The third kappa shape index (κ3) is 4.03. The van der Waals surface area contributed by atoms with Crippen LogP contribution in [0.1, 0.15) is 61.1 Å². The number of amides is 1. The normalized spacial score (nSPS) is 31.6. The predicted molar refractivity (Wildman–Crippen MR) is 123 cm³/mol. The van der Waals surface area contributed by atoms with E-state index in [0.717, 1.165) is 65.2 Å². The SMILES string of the molecule is O=C(CC12CC3CC(CC(C3)C1)C2)Nc1ncnc2c1CCN(Cc1ccc(Cl)s1)C2. The maximum atomic E-state index is 13.1. The monoisotopic (exact) mass is 456 g/mol. The number of carbonyl (C=O) groups is 1. The number of hydrogen-bond donors (Lipinski definition) is 1. The molecule has 2 aromatic heterocycles. The van der Waals surface area contributed by atoms with E-state index in [1.165, 1.54) is 43.4 Å². The van der Waals surface area contributed by atoms with Gasteiger partial charge in [0.1, 0.15) is 12.1 Å². The molecule has 2 aromatic rings. The van der Waals surface area contributed by atoms with Crippen molar-refractivity contribution >= 4 is 34.7 Å². The molecular weight excluding hydrogens is 428 g/mol. The number of thiophene rings is 1. The van der Waals surface area contributed by atoms with Gasteiger partial charge >= 0.3 is 0 Å². The first-order valence-corrected chi connectivity index (χ1v) is 12.8. The zero-order valence-corrected chi connectivity index (χ0v) is 19.4.